The van der Waals surface area contributed by atoms with Gasteiger partial charge in [-0.1, -0.05) is 78.9 Å². The molecule has 0 aliphatic rings. The zero-order valence-corrected chi connectivity index (χ0v) is 25.6. The lowest BCUT2D eigenvalue weighted by atomic mass is 10.0. The highest BCUT2D eigenvalue weighted by Gasteiger charge is 2.21. The molecule has 0 fully saturated rings. The lowest BCUT2D eigenvalue weighted by Gasteiger charge is -2.09. The quantitative estimate of drug-likeness (QED) is 0.193. The first-order valence-corrected chi connectivity index (χ1v) is 15.7. The highest BCUT2D eigenvalue weighted by atomic mass is 16.4. The van der Waals surface area contributed by atoms with E-state index in [2.05, 4.69) is 37.3 Å². The smallest absolute Gasteiger partial charge is 0.231 e. The summed E-state index contributed by atoms with van der Waals surface area (Å²) < 4.78 is 18.9. The average Bonchev–Trinajstić information content (AvgIpc) is 3.84. The van der Waals surface area contributed by atoms with Gasteiger partial charge >= 0.3 is 0 Å². The number of rotatable bonds is 4. The maximum absolute atomic E-state index is 6.53. The minimum Gasteiger partial charge on any atom is -0.456 e. The maximum atomic E-state index is 6.53. The summed E-state index contributed by atoms with van der Waals surface area (Å²) >= 11 is 0. The van der Waals surface area contributed by atoms with Crippen LogP contribution in [-0.4, -0.2) is 19.9 Å². The van der Waals surface area contributed by atoms with E-state index in [-0.39, 0.29) is 0 Å². The van der Waals surface area contributed by atoms with Crippen molar-refractivity contribution in [3.63, 3.8) is 0 Å². The number of fused-ring (bicyclic) bond motifs is 7. The molecule has 0 aliphatic carbocycles. The Balaban J connectivity index is 1.19. The zero-order valence-electron chi connectivity index (χ0n) is 25.6. The molecule has 0 saturated carbocycles. The van der Waals surface area contributed by atoms with Gasteiger partial charge in [0.15, 0.2) is 23.1 Å². The van der Waals surface area contributed by atoms with E-state index in [1.165, 1.54) is 0 Å². The summed E-state index contributed by atoms with van der Waals surface area (Å²) in [5.41, 5.74) is 9.15. The molecule has 0 saturated heterocycles. The highest BCUT2D eigenvalue weighted by molar-refractivity contribution is 6.14. The van der Waals surface area contributed by atoms with Crippen LogP contribution in [0.2, 0.25) is 0 Å². The fraction of sp³-hybridized carbons (Fsp3) is 0.0244. The molecule has 0 bridgehead atoms. The lowest BCUT2D eigenvalue weighted by Crippen LogP contribution is -2.00. The van der Waals surface area contributed by atoms with Gasteiger partial charge in [0.25, 0.3) is 0 Å². The number of furan rings is 2. The van der Waals surface area contributed by atoms with Crippen LogP contribution in [0.1, 0.15) is 5.56 Å². The number of benzene rings is 6. The van der Waals surface area contributed by atoms with Crippen LogP contribution in [0.3, 0.4) is 0 Å². The van der Waals surface area contributed by atoms with E-state index in [4.69, 9.17) is 33.2 Å². The minimum absolute atomic E-state index is 0.508. The maximum Gasteiger partial charge on any atom is 0.231 e. The second-order valence-electron chi connectivity index (χ2n) is 11.9. The van der Waals surface area contributed by atoms with Gasteiger partial charge in [-0.05, 0) is 61.0 Å². The number of aryl methyl sites for hydroxylation is 1. The summed E-state index contributed by atoms with van der Waals surface area (Å²) in [4.78, 5) is 19.9. The first kappa shape index (κ1) is 26.6. The van der Waals surface area contributed by atoms with E-state index in [0.29, 0.717) is 28.9 Å². The molecule has 0 unspecified atom stereocenters. The van der Waals surface area contributed by atoms with Crippen LogP contribution in [0.25, 0.3) is 101 Å². The van der Waals surface area contributed by atoms with Crippen molar-refractivity contribution in [2.75, 3.05) is 0 Å². The molecule has 0 radical (unpaired) electrons. The summed E-state index contributed by atoms with van der Waals surface area (Å²) in [6, 6.07) is 42.1. The largest absolute Gasteiger partial charge is 0.456 e. The summed E-state index contributed by atoms with van der Waals surface area (Å²) in [6.45, 7) is 2.07. The molecule has 0 amide bonds. The zero-order chi connectivity index (χ0) is 31.8. The average molecular weight is 621 g/mol. The SMILES string of the molecule is Cc1ccc2c(c1)oc1ccc(-c3nc(-c4ccccc4)nc(-c4cccc5oc6c(-c7nc8ccccc8o7)cccc6c45)n3)cc12. The Morgan fingerprint density at radius 1 is 0.438 bits per heavy atom. The summed E-state index contributed by atoms with van der Waals surface area (Å²) in [5.74, 6) is 2.21. The van der Waals surface area contributed by atoms with Crippen LogP contribution in [0.5, 0.6) is 0 Å². The first-order valence-electron chi connectivity index (χ1n) is 15.7. The summed E-state index contributed by atoms with van der Waals surface area (Å²) in [5, 5.41) is 3.90. The molecule has 10 aromatic rings. The number of aromatic nitrogens is 4. The predicted octanol–water partition coefficient (Wildman–Crippen LogP) is 10.8. The molecule has 0 spiro atoms. The van der Waals surface area contributed by atoms with Gasteiger partial charge in [-0.2, -0.15) is 0 Å². The van der Waals surface area contributed by atoms with Gasteiger partial charge < -0.3 is 13.3 Å². The molecule has 0 aliphatic heterocycles. The Labute approximate surface area is 273 Å². The molecule has 48 heavy (non-hydrogen) atoms. The van der Waals surface area contributed by atoms with Crippen LogP contribution in [0, 0.1) is 6.92 Å². The van der Waals surface area contributed by atoms with Gasteiger partial charge in [-0.25, -0.2) is 19.9 Å². The predicted molar refractivity (Wildman–Crippen MR) is 188 cm³/mol. The monoisotopic (exact) mass is 620 g/mol. The molecule has 226 valence electrons. The van der Waals surface area contributed by atoms with Gasteiger partial charge in [-0.3, -0.25) is 0 Å². The molecular weight excluding hydrogens is 596 g/mol. The Morgan fingerprint density at radius 2 is 1.21 bits per heavy atom. The fourth-order valence-electron chi connectivity index (χ4n) is 6.56. The Morgan fingerprint density at radius 3 is 2.10 bits per heavy atom. The number of oxazole rings is 1. The van der Waals surface area contributed by atoms with Gasteiger partial charge in [0, 0.05) is 38.2 Å². The number of hydrogen-bond donors (Lipinski definition) is 0. The van der Waals surface area contributed by atoms with Crippen molar-refractivity contribution in [2.45, 2.75) is 6.92 Å². The highest BCUT2D eigenvalue weighted by Crippen LogP contribution is 2.41. The van der Waals surface area contributed by atoms with E-state index >= 15 is 0 Å². The van der Waals surface area contributed by atoms with E-state index in [1.54, 1.807) is 0 Å². The molecule has 4 heterocycles. The number of para-hydroxylation sites is 3. The van der Waals surface area contributed by atoms with Crippen molar-refractivity contribution in [1.82, 2.24) is 19.9 Å². The van der Waals surface area contributed by atoms with Crippen molar-refractivity contribution < 1.29 is 13.3 Å². The molecule has 0 N–H and O–H groups in total. The number of nitrogens with zero attached hydrogens (tertiary/aromatic N) is 4. The van der Waals surface area contributed by atoms with Crippen molar-refractivity contribution >= 4 is 55.0 Å². The standard InChI is InChI=1S/C41H24N4O3/c1-23-17-19-26-30-22-25(18-20-32(30)46-35(26)21-23)39-43-38(24-9-3-2-4-10-24)44-40(45-39)28-12-8-16-34-36(28)27-11-7-13-29(37(27)47-34)41-42-31-14-5-6-15-33(31)48-41/h2-22H,1H3. The van der Waals surface area contributed by atoms with Crippen LogP contribution >= 0.6 is 0 Å². The minimum atomic E-state index is 0.508. The summed E-state index contributed by atoms with van der Waals surface area (Å²) in [6.07, 6.45) is 0. The third-order valence-electron chi connectivity index (χ3n) is 8.84. The normalized spacial score (nSPS) is 11.9. The Kier molecular flexibility index (Phi) is 5.65. The molecule has 10 rings (SSSR count). The van der Waals surface area contributed by atoms with E-state index in [9.17, 15) is 0 Å². The topological polar surface area (TPSA) is 91.0 Å². The third kappa shape index (κ3) is 4.14. The summed E-state index contributed by atoms with van der Waals surface area (Å²) in [7, 11) is 0. The molecule has 7 heteroatoms. The van der Waals surface area contributed by atoms with E-state index < -0.39 is 0 Å². The second-order valence-corrected chi connectivity index (χ2v) is 11.9. The van der Waals surface area contributed by atoms with Crippen molar-refractivity contribution in [1.29, 1.82) is 0 Å². The number of hydrogen-bond acceptors (Lipinski definition) is 7. The third-order valence-corrected chi connectivity index (χ3v) is 8.84. The molecule has 6 aromatic carbocycles. The lowest BCUT2D eigenvalue weighted by molar-refractivity contribution is 0.615. The van der Waals surface area contributed by atoms with Crippen LogP contribution in [0.15, 0.2) is 141 Å². The fourth-order valence-corrected chi connectivity index (χ4v) is 6.56. The van der Waals surface area contributed by atoms with Crippen LogP contribution in [0.4, 0.5) is 0 Å². The van der Waals surface area contributed by atoms with Crippen molar-refractivity contribution in [3.05, 3.63) is 133 Å². The second kappa shape index (κ2) is 10.2. The molecule has 4 aromatic heterocycles. The van der Waals surface area contributed by atoms with Gasteiger partial charge in [0.2, 0.25) is 5.89 Å². The molecule has 0 atom stereocenters. The Bertz CT molecular complexity index is 2830. The molecular formula is C41H24N4O3. The van der Waals surface area contributed by atoms with Gasteiger partial charge in [-0.15, -0.1) is 0 Å². The van der Waals surface area contributed by atoms with Gasteiger partial charge in [0.1, 0.15) is 27.8 Å². The van der Waals surface area contributed by atoms with E-state index in [1.807, 2.05) is 97.1 Å². The van der Waals surface area contributed by atoms with Crippen molar-refractivity contribution in [2.24, 2.45) is 0 Å². The first-order chi connectivity index (χ1) is 23.7. The Hall–Kier alpha value is -6.60. The van der Waals surface area contributed by atoms with Crippen LogP contribution in [-0.2, 0) is 0 Å². The van der Waals surface area contributed by atoms with Gasteiger partial charge in [0.05, 0.1) is 5.56 Å². The van der Waals surface area contributed by atoms with E-state index in [0.717, 1.165) is 77.2 Å². The van der Waals surface area contributed by atoms with Crippen LogP contribution < -0.4 is 0 Å². The van der Waals surface area contributed by atoms with Crippen molar-refractivity contribution in [3.8, 4) is 45.6 Å². The molecule has 7 nitrogen and oxygen atoms in total.